The Labute approximate surface area is 88.1 Å². The lowest BCUT2D eigenvalue weighted by Gasteiger charge is -2.11. The number of nitrogens with one attached hydrogen (secondary N) is 1. The fraction of sp³-hybridized carbons (Fsp3) is 0.600. The van der Waals surface area contributed by atoms with E-state index in [4.69, 9.17) is 9.84 Å². The largest absolute Gasteiger partial charge is 0.478 e. The number of rotatable bonds is 3. The van der Waals surface area contributed by atoms with Crippen LogP contribution >= 0.6 is 0 Å². The molecular formula is C10H15NO4. The first-order valence-electron chi connectivity index (χ1n) is 4.81. The second kappa shape index (κ2) is 4.93. The number of carbonyl (C=O) groups is 2. The zero-order valence-electron chi connectivity index (χ0n) is 8.87. The molecule has 1 unspecified atom stereocenters. The third-order valence-electron chi connectivity index (χ3n) is 2.49. The van der Waals surface area contributed by atoms with Gasteiger partial charge in [0.1, 0.15) is 0 Å². The summed E-state index contributed by atoms with van der Waals surface area (Å²) in [5, 5.41) is 11.4. The van der Waals surface area contributed by atoms with Crippen LogP contribution in [0.25, 0.3) is 0 Å². The second-order valence-electron chi connectivity index (χ2n) is 3.59. The number of carboxylic acids is 1. The number of carbonyl (C=O) groups excluding carboxylic acids is 1. The molecule has 0 aliphatic carbocycles. The van der Waals surface area contributed by atoms with Crippen molar-refractivity contribution < 1.29 is 19.4 Å². The highest BCUT2D eigenvalue weighted by atomic mass is 16.5. The lowest BCUT2D eigenvalue weighted by Crippen LogP contribution is -2.36. The van der Waals surface area contributed by atoms with Gasteiger partial charge in [0, 0.05) is 17.8 Å². The van der Waals surface area contributed by atoms with E-state index in [2.05, 4.69) is 5.32 Å². The highest BCUT2D eigenvalue weighted by Crippen LogP contribution is 2.07. The molecule has 1 heterocycles. The summed E-state index contributed by atoms with van der Waals surface area (Å²) in [4.78, 5) is 22.2. The molecule has 1 aliphatic heterocycles. The molecule has 5 nitrogen and oxygen atoms in total. The van der Waals surface area contributed by atoms with Crippen LogP contribution in [0.2, 0.25) is 0 Å². The number of hydrogen-bond acceptors (Lipinski definition) is 3. The molecular weight excluding hydrogens is 198 g/mol. The monoisotopic (exact) mass is 213 g/mol. The minimum Gasteiger partial charge on any atom is -0.478 e. The fourth-order valence-corrected chi connectivity index (χ4v) is 1.27. The van der Waals surface area contributed by atoms with E-state index in [1.54, 1.807) is 0 Å². The third-order valence-corrected chi connectivity index (χ3v) is 2.49. The van der Waals surface area contributed by atoms with Crippen molar-refractivity contribution in [3.8, 4) is 0 Å². The van der Waals surface area contributed by atoms with Crippen LogP contribution in [0.1, 0.15) is 20.3 Å². The highest BCUT2D eigenvalue weighted by molar-refractivity contribution is 6.01. The molecule has 1 aliphatic rings. The number of amides is 1. The molecule has 0 spiro atoms. The summed E-state index contributed by atoms with van der Waals surface area (Å²) in [5.74, 6) is -1.39. The fourth-order valence-electron chi connectivity index (χ4n) is 1.27. The van der Waals surface area contributed by atoms with E-state index in [9.17, 15) is 9.59 Å². The van der Waals surface area contributed by atoms with Crippen molar-refractivity contribution in [2.24, 2.45) is 0 Å². The van der Waals surface area contributed by atoms with Gasteiger partial charge < -0.3 is 15.2 Å². The molecule has 1 rings (SSSR count). The topological polar surface area (TPSA) is 75.6 Å². The van der Waals surface area contributed by atoms with Crippen LogP contribution in [0.4, 0.5) is 0 Å². The molecule has 1 saturated heterocycles. The standard InChI is InChI=1S/C10H15NO4/c1-6(7(2)10(13)14)9(12)11-8-3-4-15-5-8/h8H,3-5H2,1-2H3,(H,11,12)(H,13,14)/b7-6+. The summed E-state index contributed by atoms with van der Waals surface area (Å²) in [5.41, 5.74) is 0.320. The predicted octanol–water partition coefficient (Wildman–Crippen LogP) is 0.312. The molecule has 15 heavy (non-hydrogen) atoms. The van der Waals surface area contributed by atoms with Gasteiger partial charge in [0.2, 0.25) is 5.91 Å². The van der Waals surface area contributed by atoms with Crippen molar-refractivity contribution in [3.63, 3.8) is 0 Å². The zero-order valence-corrected chi connectivity index (χ0v) is 8.87. The first-order valence-corrected chi connectivity index (χ1v) is 4.81. The molecule has 1 amide bonds. The number of ether oxygens (including phenoxy) is 1. The van der Waals surface area contributed by atoms with E-state index in [0.29, 0.717) is 13.2 Å². The minimum atomic E-state index is -1.06. The van der Waals surface area contributed by atoms with Crippen LogP contribution in [-0.2, 0) is 14.3 Å². The maximum absolute atomic E-state index is 11.6. The maximum Gasteiger partial charge on any atom is 0.331 e. The lowest BCUT2D eigenvalue weighted by atomic mass is 10.1. The second-order valence-corrected chi connectivity index (χ2v) is 3.59. The van der Waals surface area contributed by atoms with Gasteiger partial charge in [-0.2, -0.15) is 0 Å². The number of hydrogen-bond donors (Lipinski definition) is 2. The van der Waals surface area contributed by atoms with Crippen molar-refractivity contribution >= 4 is 11.9 Å². The van der Waals surface area contributed by atoms with E-state index in [1.807, 2.05) is 0 Å². The molecule has 0 aromatic rings. The molecule has 1 atom stereocenters. The average Bonchev–Trinajstić information content (AvgIpc) is 2.67. The van der Waals surface area contributed by atoms with Gasteiger partial charge in [-0.1, -0.05) is 0 Å². The average molecular weight is 213 g/mol. The van der Waals surface area contributed by atoms with Crippen molar-refractivity contribution in [2.75, 3.05) is 13.2 Å². The van der Waals surface area contributed by atoms with E-state index in [0.717, 1.165) is 6.42 Å². The van der Waals surface area contributed by atoms with Crippen molar-refractivity contribution in [1.29, 1.82) is 0 Å². The van der Waals surface area contributed by atoms with Crippen LogP contribution in [0, 0.1) is 0 Å². The molecule has 84 valence electrons. The van der Waals surface area contributed by atoms with Crippen LogP contribution in [0.5, 0.6) is 0 Å². The van der Waals surface area contributed by atoms with E-state index in [1.165, 1.54) is 13.8 Å². The Morgan fingerprint density at radius 1 is 1.33 bits per heavy atom. The molecule has 0 aromatic carbocycles. The van der Waals surface area contributed by atoms with Gasteiger partial charge in [-0.25, -0.2) is 4.79 Å². The van der Waals surface area contributed by atoms with Gasteiger partial charge in [-0.3, -0.25) is 4.79 Å². The molecule has 5 heteroatoms. The van der Waals surface area contributed by atoms with Gasteiger partial charge in [-0.15, -0.1) is 0 Å². The Morgan fingerprint density at radius 3 is 2.47 bits per heavy atom. The van der Waals surface area contributed by atoms with E-state index < -0.39 is 5.97 Å². The van der Waals surface area contributed by atoms with E-state index in [-0.39, 0.29) is 23.1 Å². The number of carboxylic acid groups (broad SMARTS) is 1. The Bertz CT molecular complexity index is 303. The first kappa shape index (κ1) is 11.7. The summed E-state index contributed by atoms with van der Waals surface area (Å²) in [7, 11) is 0. The van der Waals surface area contributed by atoms with Crippen LogP contribution in [-0.4, -0.2) is 36.2 Å². The normalized spacial score (nSPS) is 22.1. The van der Waals surface area contributed by atoms with Gasteiger partial charge in [0.05, 0.1) is 12.6 Å². The van der Waals surface area contributed by atoms with Crippen LogP contribution < -0.4 is 5.32 Å². The molecule has 2 N–H and O–H groups in total. The van der Waals surface area contributed by atoms with Gasteiger partial charge in [-0.05, 0) is 20.3 Å². The van der Waals surface area contributed by atoms with E-state index >= 15 is 0 Å². The lowest BCUT2D eigenvalue weighted by molar-refractivity contribution is -0.133. The van der Waals surface area contributed by atoms with Crippen LogP contribution in [0.3, 0.4) is 0 Å². The third kappa shape index (κ3) is 3.06. The molecule has 0 saturated carbocycles. The Balaban J connectivity index is 2.59. The summed E-state index contributed by atoms with van der Waals surface area (Å²) in [6.07, 6.45) is 0.783. The molecule has 1 fully saturated rings. The molecule has 0 radical (unpaired) electrons. The maximum atomic E-state index is 11.6. The predicted molar refractivity (Wildman–Crippen MR) is 53.4 cm³/mol. The molecule has 0 bridgehead atoms. The van der Waals surface area contributed by atoms with Gasteiger partial charge in [0.25, 0.3) is 0 Å². The summed E-state index contributed by atoms with van der Waals surface area (Å²) >= 11 is 0. The minimum absolute atomic E-state index is 0.00837. The Kier molecular flexibility index (Phi) is 3.85. The quantitative estimate of drug-likeness (QED) is 0.662. The smallest absolute Gasteiger partial charge is 0.331 e. The van der Waals surface area contributed by atoms with Gasteiger partial charge >= 0.3 is 5.97 Å². The zero-order chi connectivity index (χ0) is 11.4. The Hall–Kier alpha value is -1.36. The summed E-state index contributed by atoms with van der Waals surface area (Å²) < 4.78 is 5.10. The highest BCUT2D eigenvalue weighted by Gasteiger charge is 2.20. The Morgan fingerprint density at radius 2 is 2.00 bits per heavy atom. The molecule has 0 aromatic heterocycles. The summed E-state index contributed by atoms with van der Waals surface area (Å²) in [6.45, 7) is 4.08. The van der Waals surface area contributed by atoms with Crippen molar-refractivity contribution in [2.45, 2.75) is 26.3 Å². The van der Waals surface area contributed by atoms with Crippen molar-refractivity contribution in [3.05, 3.63) is 11.1 Å². The first-order chi connectivity index (χ1) is 7.02. The van der Waals surface area contributed by atoms with Gasteiger partial charge in [0.15, 0.2) is 0 Å². The van der Waals surface area contributed by atoms with Crippen LogP contribution in [0.15, 0.2) is 11.1 Å². The number of aliphatic carboxylic acids is 1. The summed E-state index contributed by atoms with van der Waals surface area (Å²) in [6, 6.07) is 0.00837. The SMILES string of the molecule is C/C(C(=O)O)=C(/C)C(=O)NC1CCOC1. The van der Waals surface area contributed by atoms with Crippen molar-refractivity contribution in [1.82, 2.24) is 5.32 Å².